The van der Waals surface area contributed by atoms with Crippen molar-refractivity contribution >= 4 is 35.6 Å². The molecule has 13 N–H and O–H groups in total. The molecule has 0 aromatic heterocycles. The van der Waals surface area contributed by atoms with Crippen LogP contribution in [0.25, 0.3) is 0 Å². The molecule has 0 heterocycles. The van der Waals surface area contributed by atoms with Crippen molar-refractivity contribution in [3.63, 3.8) is 0 Å². The first-order chi connectivity index (χ1) is 14.8. The largest absolute Gasteiger partial charge is 0.480 e. The lowest BCUT2D eigenvalue weighted by Crippen LogP contribution is -2.57. The van der Waals surface area contributed by atoms with Crippen molar-refractivity contribution in [1.29, 1.82) is 0 Å². The number of aliphatic hydroxyl groups is 1. The number of nitrogens with two attached hydrogens (primary N) is 4. The lowest BCUT2D eigenvalue weighted by molar-refractivity contribution is -0.143. The number of aliphatic carboxylic acids is 1. The Bertz CT molecular complexity index is 709. The summed E-state index contributed by atoms with van der Waals surface area (Å²) in [5, 5.41) is 25.8. The number of aliphatic hydroxyl groups excluding tert-OH is 1. The molecule has 4 amide bonds. The molecule has 0 saturated carbocycles. The maximum absolute atomic E-state index is 12.4. The monoisotopic (exact) mass is 460 g/mol. The predicted molar refractivity (Wildman–Crippen MR) is 113 cm³/mol. The number of rotatable bonds is 15. The zero-order chi connectivity index (χ0) is 24.8. The van der Waals surface area contributed by atoms with E-state index in [0.717, 1.165) is 0 Å². The topological polar surface area (TPSA) is 278 Å². The number of nitrogens with zero attached hydrogens (tertiary/aromatic N) is 1. The second-order valence-corrected chi connectivity index (χ2v) is 6.96. The normalized spacial score (nSPS) is 14.2. The molecule has 4 unspecified atom stereocenters. The smallest absolute Gasteiger partial charge is 0.326 e. The molecule has 0 aliphatic heterocycles. The Kier molecular flexibility index (Phi) is 13.0. The fraction of sp³-hybridized carbons (Fsp3) is 0.647. The lowest BCUT2D eigenvalue weighted by atomic mass is 10.1. The van der Waals surface area contributed by atoms with Crippen molar-refractivity contribution in [3.8, 4) is 0 Å². The number of carboxylic acid groups (broad SMARTS) is 1. The first-order valence-corrected chi connectivity index (χ1v) is 9.72. The Labute approximate surface area is 184 Å². The van der Waals surface area contributed by atoms with Crippen molar-refractivity contribution < 1.29 is 34.2 Å². The molecule has 0 bridgehead atoms. The molecular weight excluding hydrogens is 428 g/mol. The van der Waals surface area contributed by atoms with Crippen molar-refractivity contribution in [2.45, 2.75) is 56.8 Å². The summed E-state index contributed by atoms with van der Waals surface area (Å²) in [5.74, 6) is -4.60. The molecule has 0 rings (SSSR count). The number of hydrogen-bond acceptors (Lipinski definition) is 8. The van der Waals surface area contributed by atoms with E-state index >= 15 is 0 Å². The van der Waals surface area contributed by atoms with Crippen molar-refractivity contribution in [2.24, 2.45) is 27.9 Å². The van der Waals surface area contributed by atoms with E-state index in [1.54, 1.807) is 0 Å². The Morgan fingerprint density at radius 3 is 2.12 bits per heavy atom. The number of hydrogen-bond donors (Lipinski definition) is 9. The predicted octanol–water partition coefficient (Wildman–Crippen LogP) is -4.82. The third-order valence-corrected chi connectivity index (χ3v) is 4.10. The Balaban J connectivity index is 4.78. The van der Waals surface area contributed by atoms with Crippen molar-refractivity contribution in [2.75, 3.05) is 13.1 Å². The van der Waals surface area contributed by atoms with Gasteiger partial charge in [-0.25, -0.2) is 4.79 Å². The van der Waals surface area contributed by atoms with Crippen LogP contribution in [-0.4, -0.2) is 83.1 Å². The van der Waals surface area contributed by atoms with Gasteiger partial charge in [0.1, 0.15) is 12.1 Å². The average molecular weight is 460 g/mol. The highest BCUT2D eigenvalue weighted by Gasteiger charge is 2.29. The molecule has 32 heavy (non-hydrogen) atoms. The third-order valence-electron chi connectivity index (χ3n) is 4.10. The molecule has 182 valence electrons. The van der Waals surface area contributed by atoms with Crippen LogP contribution in [0.1, 0.15) is 32.6 Å². The van der Waals surface area contributed by atoms with Gasteiger partial charge >= 0.3 is 5.97 Å². The van der Waals surface area contributed by atoms with E-state index in [1.807, 2.05) is 0 Å². The van der Waals surface area contributed by atoms with Gasteiger partial charge in [-0.15, -0.1) is 0 Å². The highest BCUT2D eigenvalue weighted by atomic mass is 16.4. The van der Waals surface area contributed by atoms with Crippen molar-refractivity contribution in [1.82, 2.24) is 16.0 Å². The molecule has 0 aliphatic carbocycles. The fourth-order valence-electron chi connectivity index (χ4n) is 2.38. The molecule has 0 spiro atoms. The maximum Gasteiger partial charge on any atom is 0.326 e. The van der Waals surface area contributed by atoms with E-state index in [2.05, 4.69) is 20.9 Å². The van der Waals surface area contributed by atoms with Crippen LogP contribution in [0.5, 0.6) is 0 Å². The standard InChI is InChI=1S/C17H32N8O7/c1-8(26)13(15(30)24-10(16(31)32)3-2-6-22-17(20)21)25-12(28)7-23-14(29)9(18)4-5-11(19)27/h8-10,13,26H,2-7,18H2,1H3,(H2,19,27)(H,23,29)(H,24,30)(H,25,28)(H,31,32)(H4,20,21,22). The van der Waals surface area contributed by atoms with Gasteiger partial charge in [-0.1, -0.05) is 0 Å². The second-order valence-electron chi connectivity index (χ2n) is 6.96. The third kappa shape index (κ3) is 12.3. The summed E-state index contributed by atoms with van der Waals surface area (Å²) in [6.07, 6.45) is -1.24. The number of carboxylic acids is 1. The molecule has 0 aromatic rings. The minimum atomic E-state index is -1.48. The van der Waals surface area contributed by atoms with Gasteiger partial charge in [0.15, 0.2) is 5.96 Å². The van der Waals surface area contributed by atoms with E-state index in [4.69, 9.17) is 22.9 Å². The molecule has 0 radical (unpaired) electrons. The quantitative estimate of drug-likeness (QED) is 0.0638. The highest BCUT2D eigenvalue weighted by molar-refractivity contribution is 5.93. The van der Waals surface area contributed by atoms with Crippen LogP contribution < -0.4 is 38.9 Å². The first kappa shape index (κ1) is 28.5. The number of nitrogens with one attached hydrogen (secondary N) is 3. The van der Waals surface area contributed by atoms with Gasteiger partial charge in [0.2, 0.25) is 23.6 Å². The zero-order valence-electron chi connectivity index (χ0n) is 17.7. The van der Waals surface area contributed by atoms with Crippen LogP contribution in [0.4, 0.5) is 0 Å². The number of aliphatic imine (C=N–C) groups is 1. The van der Waals surface area contributed by atoms with Gasteiger partial charge in [0, 0.05) is 13.0 Å². The van der Waals surface area contributed by atoms with Crippen LogP contribution in [-0.2, 0) is 24.0 Å². The van der Waals surface area contributed by atoms with Crippen LogP contribution in [0.15, 0.2) is 4.99 Å². The van der Waals surface area contributed by atoms with E-state index in [1.165, 1.54) is 6.92 Å². The number of primary amides is 1. The van der Waals surface area contributed by atoms with Crippen LogP contribution in [0.2, 0.25) is 0 Å². The number of guanidine groups is 1. The average Bonchev–Trinajstić information content (AvgIpc) is 2.69. The summed E-state index contributed by atoms with van der Waals surface area (Å²) >= 11 is 0. The molecule has 0 aliphatic rings. The molecular formula is C17H32N8O7. The summed E-state index contributed by atoms with van der Waals surface area (Å²) < 4.78 is 0. The molecule has 0 aromatic carbocycles. The minimum Gasteiger partial charge on any atom is -0.480 e. The SMILES string of the molecule is CC(O)C(NC(=O)CNC(=O)C(N)CCC(N)=O)C(=O)NC(CCCN=C(N)N)C(=O)O. The van der Waals surface area contributed by atoms with E-state index in [-0.39, 0.29) is 38.2 Å². The summed E-state index contributed by atoms with van der Waals surface area (Å²) in [4.78, 5) is 62.1. The Morgan fingerprint density at radius 1 is 1.00 bits per heavy atom. The van der Waals surface area contributed by atoms with Gasteiger partial charge < -0.3 is 49.1 Å². The molecule has 15 heteroatoms. The summed E-state index contributed by atoms with van der Waals surface area (Å²) in [6.45, 7) is 0.803. The van der Waals surface area contributed by atoms with Crippen molar-refractivity contribution in [3.05, 3.63) is 0 Å². The van der Waals surface area contributed by atoms with Gasteiger partial charge in [-0.3, -0.25) is 24.2 Å². The molecule has 4 atom stereocenters. The summed E-state index contributed by atoms with van der Waals surface area (Å²) in [6, 6.07) is -3.86. The van der Waals surface area contributed by atoms with E-state index in [9.17, 15) is 34.2 Å². The maximum atomic E-state index is 12.4. The van der Waals surface area contributed by atoms with E-state index in [0.29, 0.717) is 0 Å². The Hall–Kier alpha value is -3.46. The highest BCUT2D eigenvalue weighted by Crippen LogP contribution is 2.02. The number of carbonyl (C=O) groups is 5. The van der Waals surface area contributed by atoms with Crippen LogP contribution >= 0.6 is 0 Å². The van der Waals surface area contributed by atoms with Gasteiger partial charge in [0.05, 0.1) is 18.7 Å². The van der Waals surface area contributed by atoms with E-state index < -0.39 is 60.4 Å². The molecule has 15 nitrogen and oxygen atoms in total. The van der Waals surface area contributed by atoms with Crippen LogP contribution in [0, 0.1) is 0 Å². The number of amides is 4. The molecule has 0 saturated heterocycles. The number of carbonyl (C=O) groups excluding carboxylic acids is 4. The lowest BCUT2D eigenvalue weighted by Gasteiger charge is -2.23. The summed E-state index contributed by atoms with van der Waals surface area (Å²) in [7, 11) is 0. The van der Waals surface area contributed by atoms with Gasteiger partial charge in [-0.05, 0) is 26.2 Å². The fourth-order valence-corrected chi connectivity index (χ4v) is 2.38. The summed E-state index contributed by atoms with van der Waals surface area (Å²) in [5.41, 5.74) is 20.9. The minimum absolute atomic E-state index is 0.00240. The van der Waals surface area contributed by atoms with Gasteiger partial charge in [-0.2, -0.15) is 0 Å². The van der Waals surface area contributed by atoms with Gasteiger partial charge in [0.25, 0.3) is 0 Å². The second kappa shape index (κ2) is 14.5. The zero-order valence-corrected chi connectivity index (χ0v) is 17.7. The van der Waals surface area contributed by atoms with Crippen LogP contribution in [0.3, 0.4) is 0 Å². The Morgan fingerprint density at radius 2 is 1.62 bits per heavy atom. The molecule has 0 fully saturated rings. The first-order valence-electron chi connectivity index (χ1n) is 9.72.